The van der Waals surface area contributed by atoms with Gasteiger partial charge in [0.2, 0.25) is 6.41 Å². The van der Waals surface area contributed by atoms with Crippen LogP contribution in [0.25, 0.3) is 0 Å². The van der Waals surface area contributed by atoms with Crippen molar-refractivity contribution in [1.29, 1.82) is 0 Å². The average molecular weight is 131 g/mol. The van der Waals surface area contributed by atoms with Gasteiger partial charge in [-0.25, -0.2) is 0 Å². The number of amides is 1. The Labute approximate surface area is 57.6 Å². The zero-order valence-electron chi connectivity index (χ0n) is 6.61. The molecule has 0 unspecified atom stereocenters. The molecule has 1 amide bonds. The first kappa shape index (κ1) is 11.3. The van der Waals surface area contributed by atoms with Crippen molar-refractivity contribution in [2.24, 2.45) is 0 Å². The van der Waals surface area contributed by atoms with Gasteiger partial charge in [0.05, 0.1) is 0 Å². The third-order valence-corrected chi connectivity index (χ3v) is 0.825. The third-order valence-electron chi connectivity index (χ3n) is 0.825. The van der Waals surface area contributed by atoms with Gasteiger partial charge in [0, 0.05) is 7.05 Å². The summed E-state index contributed by atoms with van der Waals surface area (Å²) in [5.41, 5.74) is 0. The minimum Gasteiger partial charge on any atom is -0.362 e. The smallest absolute Gasteiger partial charge is 0.206 e. The fraction of sp³-hybridized carbons (Fsp3) is 0.857. The molecule has 0 atom stereocenters. The molecule has 0 heterocycles. The Morgan fingerprint density at radius 3 is 1.67 bits per heavy atom. The van der Waals surface area contributed by atoms with Crippen LogP contribution < -0.4 is 5.32 Å². The molecular formula is C7H17NO. The highest BCUT2D eigenvalue weighted by molar-refractivity contribution is 5.44. The van der Waals surface area contributed by atoms with Crippen molar-refractivity contribution >= 4 is 6.41 Å². The van der Waals surface area contributed by atoms with E-state index in [2.05, 4.69) is 19.2 Å². The van der Waals surface area contributed by atoms with E-state index < -0.39 is 0 Å². The lowest BCUT2D eigenvalue weighted by Gasteiger charge is -1.79. The largest absolute Gasteiger partial charge is 0.362 e. The molecule has 0 saturated heterocycles. The van der Waals surface area contributed by atoms with E-state index in [0.717, 1.165) is 0 Å². The Hall–Kier alpha value is -0.530. The zero-order chi connectivity index (χ0) is 7.54. The second-order valence-corrected chi connectivity index (χ2v) is 1.76. The summed E-state index contributed by atoms with van der Waals surface area (Å²) in [5, 5.41) is 2.25. The van der Waals surface area contributed by atoms with Crippen LogP contribution in [0.5, 0.6) is 0 Å². The summed E-state index contributed by atoms with van der Waals surface area (Å²) < 4.78 is 0. The third kappa shape index (κ3) is 36.6. The maximum atomic E-state index is 9.06. The maximum Gasteiger partial charge on any atom is 0.206 e. The van der Waals surface area contributed by atoms with Crippen LogP contribution in [-0.4, -0.2) is 13.5 Å². The maximum absolute atomic E-state index is 9.06. The van der Waals surface area contributed by atoms with Crippen molar-refractivity contribution in [2.75, 3.05) is 7.05 Å². The van der Waals surface area contributed by atoms with Crippen LogP contribution in [0.2, 0.25) is 0 Å². The molecule has 0 bridgehead atoms. The first-order valence-corrected chi connectivity index (χ1v) is 3.44. The van der Waals surface area contributed by atoms with Gasteiger partial charge in [-0.3, -0.25) is 4.79 Å². The van der Waals surface area contributed by atoms with Crippen LogP contribution >= 0.6 is 0 Å². The van der Waals surface area contributed by atoms with Gasteiger partial charge in [-0.15, -0.1) is 0 Å². The highest BCUT2D eigenvalue weighted by Crippen LogP contribution is 1.88. The summed E-state index contributed by atoms with van der Waals surface area (Å²) in [6.45, 7) is 4.42. The molecule has 2 nitrogen and oxygen atoms in total. The second kappa shape index (κ2) is 15.6. The SMILES string of the molecule is CCCCC.CNC=O. The highest BCUT2D eigenvalue weighted by Gasteiger charge is 1.68. The van der Waals surface area contributed by atoms with Crippen molar-refractivity contribution < 1.29 is 4.79 Å². The molecule has 0 rings (SSSR count). The van der Waals surface area contributed by atoms with Crippen molar-refractivity contribution in [2.45, 2.75) is 33.1 Å². The number of rotatable bonds is 3. The summed E-state index contributed by atoms with van der Waals surface area (Å²) in [4.78, 5) is 9.06. The zero-order valence-corrected chi connectivity index (χ0v) is 6.61. The summed E-state index contributed by atoms with van der Waals surface area (Å²) >= 11 is 0. The van der Waals surface area contributed by atoms with E-state index in [9.17, 15) is 0 Å². The molecule has 0 aromatic carbocycles. The molecule has 0 saturated carbocycles. The van der Waals surface area contributed by atoms with E-state index in [1.165, 1.54) is 19.3 Å². The van der Waals surface area contributed by atoms with Crippen LogP contribution in [0.3, 0.4) is 0 Å². The van der Waals surface area contributed by atoms with Gasteiger partial charge in [0.1, 0.15) is 0 Å². The Morgan fingerprint density at radius 1 is 1.33 bits per heavy atom. The number of unbranched alkanes of at least 4 members (excludes halogenated alkanes) is 2. The van der Waals surface area contributed by atoms with Gasteiger partial charge in [0.15, 0.2) is 0 Å². The summed E-state index contributed by atoms with van der Waals surface area (Å²) in [7, 11) is 1.56. The summed E-state index contributed by atoms with van der Waals surface area (Å²) in [6, 6.07) is 0. The molecule has 0 fully saturated rings. The molecule has 2 heteroatoms. The normalized spacial score (nSPS) is 7.00. The van der Waals surface area contributed by atoms with Crippen molar-refractivity contribution in [3.63, 3.8) is 0 Å². The van der Waals surface area contributed by atoms with Gasteiger partial charge in [-0.1, -0.05) is 33.1 Å². The van der Waals surface area contributed by atoms with Crippen molar-refractivity contribution in [3.8, 4) is 0 Å². The minimum atomic E-state index is 0.625. The van der Waals surface area contributed by atoms with Crippen molar-refractivity contribution in [3.05, 3.63) is 0 Å². The lowest BCUT2D eigenvalue weighted by molar-refractivity contribution is -0.109. The number of nitrogens with one attached hydrogen (secondary N) is 1. The predicted molar refractivity (Wildman–Crippen MR) is 40.3 cm³/mol. The van der Waals surface area contributed by atoms with Crippen LogP contribution in [0.4, 0.5) is 0 Å². The minimum absolute atomic E-state index is 0.625. The fourth-order valence-corrected chi connectivity index (χ4v) is 0.354. The quantitative estimate of drug-likeness (QED) is 0.578. The molecule has 56 valence electrons. The highest BCUT2D eigenvalue weighted by atomic mass is 16.1. The standard InChI is InChI=1S/C5H12.C2H5NO/c1-3-5-4-2;1-3-2-4/h3-5H2,1-2H3;2H,1H3,(H,3,4). The van der Waals surface area contributed by atoms with Gasteiger partial charge < -0.3 is 5.32 Å². The van der Waals surface area contributed by atoms with E-state index in [1.54, 1.807) is 7.05 Å². The van der Waals surface area contributed by atoms with E-state index in [4.69, 9.17) is 4.79 Å². The number of hydrogen-bond donors (Lipinski definition) is 1. The molecule has 0 aliphatic heterocycles. The van der Waals surface area contributed by atoms with Gasteiger partial charge in [-0.05, 0) is 0 Å². The number of carbonyl (C=O) groups excluding carboxylic acids is 1. The van der Waals surface area contributed by atoms with Crippen LogP contribution in [0.1, 0.15) is 33.1 Å². The molecule has 0 radical (unpaired) electrons. The Balaban J connectivity index is 0. The summed E-state index contributed by atoms with van der Waals surface area (Å²) in [6.07, 6.45) is 4.70. The molecular weight excluding hydrogens is 114 g/mol. The Kier molecular flexibility index (Phi) is 19.6. The lowest BCUT2D eigenvalue weighted by Crippen LogP contribution is -1.98. The number of hydrogen-bond acceptors (Lipinski definition) is 1. The average Bonchev–Trinajstić information content (AvgIpc) is 1.91. The number of carbonyl (C=O) groups is 1. The van der Waals surface area contributed by atoms with E-state index in [1.807, 2.05) is 0 Å². The van der Waals surface area contributed by atoms with E-state index in [0.29, 0.717) is 6.41 Å². The lowest BCUT2D eigenvalue weighted by atomic mass is 10.3. The van der Waals surface area contributed by atoms with Gasteiger partial charge in [-0.2, -0.15) is 0 Å². The Morgan fingerprint density at radius 2 is 1.67 bits per heavy atom. The topological polar surface area (TPSA) is 29.1 Å². The molecule has 0 aliphatic rings. The Bertz CT molecular complexity index is 44.2. The summed E-state index contributed by atoms with van der Waals surface area (Å²) in [5.74, 6) is 0. The van der Waals surface area contributed by atoms with Crippen LogP contribution in [0.15, 0.2) is 0 Å². The van der Waals surface area contributed by atoms with Gasteiger partial charge in [0.25, 0.3) is 0 Å². The fourth-order valence-electron chi connectivity index (χ4n) is 0.354. The molecule has 0 spiro atoms. The van der Waals surface area contributed by atoms with Crippen molar-refractivity contribution in [1.82, 2.24) is 5.32 Å². The first-order chi connectivity index (χ1) is 4.33. The molecule has 0 aromatic rings. The second-order valence-electron chi connectivity index (χ2n) is 1.76. The van der Waals surface area contributed by atoms with Gasteiger partial charge >= 0.3 is 0 Å². The monoisotopic (exact) mass is 131 g/mol. The first-order valence-electron chi connectivity index (χ1n) is 3.44. The molecule has 0 aromatic heterocycles. The molecule has 9 heavy (non-hydrogen) atoms. The molecule has 1 N–H and O–H groups in total. The molecule has 0 aliphatic carbocycles. The van der Waals surface area contributed by atoms with Crippen LogP contribution in [-0.2, 0) is 4.79 Å². The van der Waals surface area contributed by atoms with Crippen LogP contribution in [0, 0.1) is 0 Å². The van der Waals surface area contributed by atoms with E-state index >= 15 is 0 Å². The predicted octanol–water partition coefficient (Wildman–Crippen LogP) is 1.56. The van der Waals surface area contributed by atoms with E-state index in [-0.39, 0.29) is 0 Å².